The zero-order valence-electron chi connectivity index (χ0n) is 73.8. The number of rotatable bonds is 7. The highest BCUT2D eigenvalue weighted by Crippen LogP contribution is 2.44. The fourth-order valence-electron chi connectivity index (χ4n) is 12.0. The van der Waals surface area contributed by atoms with E-state index in [1.165, 1.54) is 0 Å². The van der Waals surface area contributed by atoms with Crippen LogP contribution >= 0.6 is 11.3 Å². The summed E-state index contributed by atoms with van der Waals surface area (Å²) < 4.78 is 246. The third-order valence-corrected chi connectivity index (χ3v) is 17.4. The summed E-state index contributed by atoms with van der Waals surface area (Å²) in [4.78, 5) is 21.0. The van der Waals surface area contributed by atoms with Crippen LogP contribution in [0.4, 0.5) is 17.3 Å². The van der Waals surface area contributed by atoms with Crippen molar-refractivity contribution < 1.29 is 44.5 Å². The zero-order valence-corrected chi connectivity index (χ0v) is 48.6. The Morgan fingerprint density at radius 1 is 0.333 bits per heavy atom. The summed E-state index contributed by atoms with van der Waals surface area (Å²) in [5.41, 5.74) is 1.47. The quantitative estimate of drug-likeness (QED) is 0.157. The van der Waals surface area contributed by atoms with E-state index in [0.29, 0.717) is 22.4 Å². The molecule has 93 heavy (non-hydrogen) atoms. The Morgan fingerprint density at radius 3 is 1.51 bits per heavy atom. The topological polar surface area (TPSA) is 86.0 Å². The Labute approximate surface area is 572 Å². The third kappa shape index (κ3) is 8.81. The first-order valence-corrected chi connectivity index (χ1v) is 29.9. The monoisotopic (exact) mass is 1230 g/mol. The molecule has 434 valence electrons. The van der Waals surface area contributed by atoms with E-state index in [1.807, 2.05) is 103 Å². The van der Waals surface area contributed by atoms with E-state index in [4.69, 9.17) is 56.2 Å². The Morgan fingerprint density at radius 2 is 0.849 bits per heavy atom. The molecule has 0 bridgehead atoms. The van der Waals surface area contributed by atoms with Crippen LogP contribution in [-0.2, 0) is 0 Å². The summed E-state index contributed by atoms with van der Waals surface area (Å²) in [6.45, 7) is 0. The number of thiophene rings is 1. The number of furan rings is 2. The highest BCUT2D eigenvalue weighted by atomic mass is 32.1. The van der Waals surface area contributed by atoms with Gasteiger partial charge in [-0.15, -0.1) is 11.3 Å². The fraction of sp³-hybridized carbons (Fsp3) is 0. The smallest absolute Gasteiger partial charge is 0.235 e. The van der Waals surface area contributed by atoms with E-state index >= 15 is 0 Å². The van der Waals surface area contributed by atoms with Crippen LogP contribution in [0, 0.1) is 0 Å². The van der Waals surface area contributed by atoms with Gasteiger partial charge in [-0.2, -0.15) is 0 Å². The minimum Gasteiger partial charge on any atom is -0.456 e. The van der Waals surface area contributed by atoms with E-state index in [0.717, 1.165) is 42.1 Å². The van der Waals surface area contributed by atoms with Crippen LogP contribution in [-0.4, -0.2) is 24.5 Å². The number of aromatic nitrogens is 5. The summed E-state index contributed by atoms with van der Waals surface area (Å²) in [6, 6.07) is 31.6. The van der Waals surface area contributed by atoms with Crippen LogP contribution in [0.1, 0.15) is 35.6 Å². The van der Waals surface area contributed by atoms with E-state index in [9.17, 15) is 8.22 Å². The van der Waals surface area contributed by atoms with Gasteiger partial charge in [0.15, 0.2) is 0 Å². The first kappa shape index (κ1) is 33.0. The van der Waals surface area contributed by atoms with Gasteiger partial charge in [0.25, 0.3) is 0 Å². The van der Waals surface area contributed by atoms with Gasteiger partial charge in [0.2, 0.25) is 11.9 Å². The minimum absolute atomic E-state index is 0.0271. The molecule has 0 aliphatic heterocycles. The molecule has 8 nitrogen and oxygen atoms in total. The van der Waals surface area contributed by atoms with Crippen molar-refractivity contribution >= 4 is 158 Å². The van der Waals surface area contributed by atoms with Gasteiger partial charge in [-0.05, 0) is 142 Å². The maximum absolute atomic E-state index is 9.56. The fourth-order valence-corrected chi connectivity index (χ4v) is 13.1. The van der Waals surface area contributed by atoms with Gasteiger partial charge in [0.1, 0.15) is 22.3 Å². The minimum atomic E-state index is -0.619. The van der Waals surface area contributed by atoms with E-state index in [2.05, 4.69) is 18.2 Å². The molecule has 0 amide bonds. The van der Waals surface area contributed by atoms with Gasteiger partial charge in [-0.1, -0.05) is 194 Å². The molecule has 0 saturated heterocycles. The summed E-state index contributed by atoms with van der Waals surface area (Å²) in [5.74, 6) is -0.108. The molecule has 0 N–H and O–H groups in total. The largest absolute Gasteiger partial charge is 0.456 e. The van der Waals surface area contributed by atoms with Crippen molar-refractivity contribution in [3.63, 3.8) is 0 Å². The van der Waals surface area contributed by atoms with Crippen molar-refractivity contribution in [2.24, 2.45) is 0 Å². The van der Waals surface area contributed by atoms with E-state index < -0.39 is 157 Å². The molecule has 14 aromatic carbocycles. The van der Waals surface area contributed by atoms with Gasteiger partial charge in [-0.3, -0.25) is 9.47 Å². The average Bonchev–Trinajstić information content (AvgIpc) is 1.43. The lowest BCUT2D eigenvalue weighted by Crippen LogP contribution is -2.14. The molecule has 0 unspecified atom stereocenters. The van der Waals surface area contributed by atoms with Gasteiger partial charge in [0, 0.05) is 85.8 Å². The Balaban J connectivity index is 0.000000158. The number of para-hydroxylation sites is 4. The van der Waals surface area contributed by atoms with Crippen LogP contribution in [0.3, 0.4) is 0 Å². The summed E-state index contributed by atoms with van der Waals surface area (Å²) >= 11 is 1.61. The molecule has 0 saturated carbocycles. The molecule has 0 atom stereocenters. The number of benzene rings is 14. The first-order chi connectivity index (χ1) is 56.9. The SMILES string of the molecule is [2H]c1c([2H])c([2H])c2c(-c3c([2H])c([2H])c4c(oc5c([2H])c6c([2H])c([2H])c([2H])c([2H])c6c([2H])c54)c3[2H])nc(-n3c4ccccc4c4cc5c(cc43)sc3ccccc35)nc2c1[2H].[2H]c1c([2H])c([2H])c2c(-c3c([2H])c([2H])c4c(oc5c([2H])c6c([2H])c([2H])c([2H])c([2H])c6c([2H])c54)c3[2H])nc(N(c3ccccc3)c3ccc(-c4ccccc4)cc3)nc2c1[2H]. The van der Waals surface area contributed by atoms with Crippen molar-refractivity contribution in [3.05, 3.63) is 303 Å². The Bertz CT molecular complexity index is 8020. The molecule has 6 heterocycles. The maximum Gasteiger partial charge on any atom is 0.235 e. The second-order valence-electron chi connectivity index (χ2n) is 21.6. The van der Waals surface area contributed by atoms with Crippen molar-refractivity contribution in [1.29, 1.82) is 0 Å². The number of nitrogens with zero attached hydrogens (tertiary/aromatic N) is 6. The molecule has 0 radical (unpaired) electrons. The molecule has 9 heteroatoms. The molecule has 0 aliphatic carbocycles. The van der Waals surface area contributed by atoms with Gasteiger partial charge >= 0.3 is 0 Å². The van der Waals surface area contributed by atoms with Crippen molar-refractivity contribution in [2.75, 3.05) is 4.90 Å². The Hall–Kier alpha value is -12.3. The average molecular weight is 1230 g/mol. The molecule has 20 aromatic rings. The molecule has 0 aliphatic rings. The number of anilines is 3. The lowest BCUT2D eigenvalue weighted by atomic mass is 10.0. The zero-order chi connectivity index (χ0) is 83.7. The molecular weight excluding hydrogens is 1160 g/mol. The molecule has 20 rings (SSSR count). The summed E-state index contributed by atoms with van der Waals surface area (Å²) in [5, 5.41) is 1.56. The van der Waals surface area contributed by atoms with E-state index in [1.54, 1.807) is 45.1 Å². The molecule has 0 spiro atoms. The number of fused-ring (bicyclic) bond motifs is 16. The lowest BCUT2D eigenvalue weighted by Gasteiger charge is -2.24. The number of hydrogen-bond donors (Lipinski definition) is 0. The van der Waals surface area contributed by atoms with Crippen LogP contribution in [0.5, 0.6) is 0 Å². The predicted molar refractivity (Wildman–Crippen MR) is 387 cm³/mol. The van der Waals surface area contributed by atoms with Gasteiger partial charge in [-0.25, -0.2) is 19.9 Å². The summed E-state index contributed by atoms with van der Waals surface area (Å²) in [6.07, 6.45) is 0. The normalized spacial score (nSPS) is 15.8. The van der Waals surface area contributed by atoms with Crippen LogP contribution < -0.4 is 4.90 Å². The predicted octanol–water partition coefficient (Wildman–Crippen LogP) is 23.3. The molecule has 6 aromatic heterocycles. The van der Waals surface area contributed by atoms with Gasteiger partial charge in [0.05, 0.1) is 69.1 Å². The Kier molecular flexibility index (Phi) is 7.50. The molecular formula is C84H50N6O2S. The first-order valence-electron chi connectivity index (χ1n) is 42.1. The van der Waals surface area contributed by atoms with Crippen molar-refractivity contribution in [2.45, 2.75) is 0 Å². The second kappa shape index (κ2) is 21.2. The van der Waals surface area contributed by atoms with Crippen molar-refractivity contribution in [3.8, 4) is 39.6 Å². The maximum atomic E-state index is 9.56. The lowest BCUT2D eigenvalue weighted by molar-refractivity contribution is 0.669. The second-order valence-corrected chi connectivity index (χ2v) is 22.7. The highest BCUT2D eigenvalue weighted by molar-refractivity contribution is 7.25. The standard InChI is InChI=1S/C42H23N3OS.C42H27N3O/c1-2-10-25-20-38-32(19-24(25)9-1)28-18-17-26(21-37(28)46-38)41-30-13-3-6-14-34(30)43-42(44-41)45-35-15-7-4-11-27(35)31-22-33-29-12-5-8-16-39(29)47-40(33)23-36(31)45;1-3-11-28(12-4-1)29-19-22-34(23-20-29)45(33-15-5-2-6-16-33)42-43-38-18-10-9-17-36(38)41(44-42)32-21-24-35-37-25-30-13-7-8-14-31(30)26-40(37)46-39(35)27-32/h1-23H;1-27H/i1D,2D,3D,6D,9D,10D,13D,14D,17D,18D,19D,20D,21D;7D,8D,9D,10D,13D,14D,17D,18D,21D,24D,25D,26D,27D. The highest BCUT2D eigenvalue weighted by Gasteiger charge is 2.23. The van der Waals surface area contributed by atoms with Gasteiger partial charge < -0.3 is 8.83 Å². The van der Waals surface area contributed by atoms with Crippen LogP contribution in [0.25, 0.3) is 169 Å². The number of hydrogen-bond acceptors (Lipinski definition) is 8. The van der Waals surface area contributed by atoms with Crippen molar-refractivity contribution in [1.82, 2.24) is 24.5 Å². The van der Waals surface area contributed by atoms with E-state index in [-0.39, 0.29) is 122 Å². The van der Waals surface area contributed by atoms with Crippen LogP contribution in [0.15, 0.2) is 312 Å². The van der Waals surface area contributed by atoms with Crippen LogP contribution in [0.2, 0.25) is 0 Å². The molecule has 0 fully saturated rings. The third-order valence-electron chi connectivity index (χ3n) is 16.2. The summed E-state index contributed by atoms with van der Waals surface area (Å²) in [7, 11) is 0.